The zero-order valence-corrected chi connectivity index (χ0v) is 11.8. The van der Waals surface area contributed by atoms with E-state index < -0.39 is 22.8 Å². The summed E-state index contributed by atoms with van der Waals surface area (Å²) in [4.78, 5) is 28.2. The summed E-state index contributed by atoms with van der Waals surface area (Å²) in [7, 11) is 0. The summed E-state index contributed by atoms with van der Waals surface area (Å²) < 4.78 is 28.5. The lowest BCUT2D eigenvalue weighted by atomic mass is 10.2. The molecule has 0 unspecified atom stereocenters. The van der Waals surface area contributed by atoms with Gasteiger partial charge >= 0.3 is 11.1 Å². The molecule has 3 aromatic rings. The van der Waals surface area contributed by atoms with Crippen molar-refractivity contribution in [3.63, 3.8) is 0 Å². The zero-order chi connectivity index (χ0) is 16.4. The number of pyridine rings is 1. The minimum absolute atomic E-state index is 0.0852. The first kappa shape index (κ1) is 14.8. The fraction of sp³-hybridized carbons (Fsp3) is 0.0625. The van der Waals surface area contributed by atoms with Gasteiger partial charge in [0.15, 0.2) is 11.6 Å². The van der Waals surface area contributed by atoms with Crippen LogP contribution in [-0.2, 0) is 6.54 Å². The van der Waals surface area contributed by atoms with E-state index in [0.29, 0.717) is 0 Å². The maximum absolute atomic E-state index is 13.3. The van der Waals surface area contributed by atoms with E-state index in [-0.39, 0.29) is 12.2 Å². The van der Waals surface area contributed by atoms with Crippen molar-refractivity contribution in [3.8, 4) is 5.69 Å². The van der Waals surface area contributed by atoms with Crippen LogP contribution in [-0.4, -0.2) is 14.1 Å². The van der Waals surface area contributed by atoms with Crippen LogP contribution in [0.4, 0.5) is 8.78 Å². The molecule has 0 saturated heterocycles. The number of hydrogen-bond acceptors (Lipinski definition) is 3. The van der Waals surface area contributed by atoms with Crippen LogP contribution in [0.5, 0.6) is 0 Å². The molecular formula is C16H11F2N3O2. The highest BCUT2D eigenvalue weighted by atomic mass is 19.2. The van der Waals surface area contributed by atoms with E-state index in [2.05, 4.69) is 4.98 Å². The number of halogens is 2. The molecule has 0 spiro atoms. The van der Waals surface area contributed by atoms with E-state index in [0.717, 1.165) is 22.3 Å². The fourth-order valence-corrected chi connectivity index (χ4v) is 2.16. The minimum Gasteiger partial charge on any atom is -0.305 e. The van der Waals surface area contributed by atoms with Gasteiger partial charge in [0.1, 0.15) is 0 Å². The van der Waals surface area contributed by atoms with Crippen LogP contribution in [0.25, 0.3) is 5.69 Å². The van der Waals surface area contributed by atoms with Crippen LogP contribution in [0.2, 0.25) is 0 Å². The molecule has 3 rings (SSSR count). The van der Waals surface area contributed by atoms with Gasteiger partial charge in [0.2, 0.25) is 0 Å². The number of nitrogens with zero attached hydrogens (tertiary/aromatic N) is 3. The molecule has 2 aromatic heterocycles. The van der Waals surface area contributed by atoms with E-state index >= 15 is 0 Å². The maximum Gasteiger partial charge on any atom is 0.320 e. The van der Waals surface area contributed by atoms with Crippen molar-refractivity contribution >= 4 is 0 Å². The third-order valence-corrected chi connectivity index (χ3v) is 3.34. The van der Waals surface area contributed by atoms with E-state index in [4.69, 9.17) is 0 Å². The lowest BCUT2D eigenvalue weighted by molar-refractivity contribution is 0.507. The molecule has 116 valence electrons. The predicted molar refractivity (Wildman–Crippen MR) is 79.6 cm³/mol. The fourth-order valence-electron chi connectivity index (χ4n) is 2.16. The van der Waals surface area contributed by atoms with Crippen LogP contribution in [0.1, 0.15) is 5.56 Å². The highest BCUT2D eigenvalue weighted by Crippen LogP contribution is 2.11. The number of benzene rings is 1. The molecule has 7 heteroatoms. The second-order valence-corrected chi connectivity index (χ2v) is 4.86. The topological polar surface area (TPSA) is 56.9 Å². The quantitative estimate of drug-likeness (QED) is 0.692. The van der Waals surface area contributed by atoms with Crippen LogP contribution in [0, 0.1) is 11.6 Å². The largest absolute Gasteiger partial charge is 0.320 e. The van der Waals surface area contributed by atoms with Crippen LogP contribution >= 0.6 is 0 Å². The first-order valence-electron chi connectivity index (χ1n) is 6.72. The molecule has 0 saturated carbocycles. The summed E-state index contributed by atoms with van der Waals surface area (Å²) in [6, 6.07) is 6.45. The van der Waals surface area contributed by atoms with Gasteiger partial charge in [-0.2, -0.15) is 0 Å². The molecule has 0 aliphatic heterocycles. The molecular weight excluding hydrogens is 304 g/mol. The van der Waals surface area contributed by atoms with Gasteiger partial charge in [0.05, 0.1) is 12.2 Å². The molecule has 0 N–H and O–H groups in total. The third kappa shape index (κ3) is 2.94. The van der Waals surface area contributed by atoms with Gasteiger partial charge in [-0.1, -0.05) is 0 Å². The van der Waals surface area contributed by atoms with Crippen molar-refractivity contribution in [3.05, 3.63) is 93.0 Å². The summed E-state index contributed by atoms with van der Waals surface area (Å²) in [6.07, 6.45) is 5.94. The van der Waals surface area contributed by atoms with Gasteiger partial charge < -0.3 is 4.57 Å². The first-order valence-corrected chi connectivity index (χ1v) is 6.72. The summed E-state index contributed by atoms with van der Waals surface area (Å²) in [5.41, 5.74) is -0.698. The molecule has 0 aliphatic rings. The Bertz CT molecular complexity index is 965. The molecule has 23 heavy (non-hydrogen) atoms. The Labute approximate surface area is 129 Å². The lowest BCUT2D eigenvalue weighted by Crippen LogP contribution is -2.40. The first-order chi connectivity index (χ1) is 11.1. The normalized spacial score (nSPS) is 10.7. The highest BCUT2D eigenvalue weighted by Gasteiger charge is 2.09. The van der Waals surface area contributed by atoms with E-state index in [9.17, 15) is 18.4 Å². The number of hydrogen-bond donors (Lipinski definition) is 0. The van der Waals surface area contributed by atoms with Gasteiger partial charge in [-0.3, -0.25) is 19.1 Å². The monoisotopic (exact) mass is 315 g/mol. The van der Waals surface area contributed by atoms with Crippen molar-refractivity contribution in [2.24, 2.45) is 0 Å². The van der Waals surface area contributed by atoms with Gasteiger partial charge in [0, 0.05) is 30.9 Å². The Balaban J connectivity index is 2.02. The highest BCUT2D eigenvalue weighted by molar-refractivity contribution is 5.32. The minimum atomic E-state index is -1.09. The van der Waals surface area contributed by atoms with Crippen LogP contribution in [0.15, 0.2) is 64.7 Å². The smallest absolute Gasteiger partial charge is 0.305 e. The van der Waals surface area contributed by atoms with Gasteiger partial charge in [-0.05, 0) is 29.8 Å². The molecule has 0 amide bonds. The average molecular weight is 315 g/mol. The van der Waals surface area contributed by atoms with Crippen molar-refractivity contribution in [1.29, 1.82) is 0 Å². The summed E-state index contributed by atoms with van der Waals surface area (Å²) in [5.74, 6) is -2.11. The van der Waals surface area contributed by atoms with E-state index in [1.54, 1.807) is 24.5 Å². The van der Waals surface area contributed by atoms with Gasteiger partial charge in [-0.15, -0.1) is 0 Å². The van der Waals surface area contributed by atoms with E-state index in [1.165, 1.54) is 23.0 Å². The van der Waals surface area contributed by atoms with Gasteiger partial charge in [0.25, 0.3) is 0 Å². The van der Waals surface area contributed by atoms with Gasteiger partial charge in [-0.25, -0.2) is 8.78 Å². The summed E-state index contributed by atoms with van der Waals surface area (Å²) in [6.45, 7) is 0.217. The molecule has 1 aromatic carbocycles. The van der Waals surface area contributed by atoms with Crippen molar-refractivity contribution < 1.29 is 8.78 Å². The Morgan fingerprint density at radius 1 is 0.913 bits per heavy atom. The molecule has 5 nitrogen and oxygen atoms in total. The average Bonchev–Trinajstić information content (AvgIpc) is 2.56. The molecule has 2 heterocycles. The molecule has 0 radical (unpaired) electrons. The second kappa shape index (κ2) is 5.96. The Morgan fingerprint density at radius 3 is 2.35 bits per heavy atom. The standard InChI is InChI=1S/C16H11F2N3O2/c17-13-2-1-12(9-14(13)18)21-8-7-20(15(22)16(21)23)10-11-3-5-19-6-4-11/h1-9H,10H2. The van der Waals surface area contributed by atoms with Crippen LogP contribution in [0.3, 0.4) is 0 Å². The van der Waals surface area contributed by atoms with Crippen LogP contribution < -0.4 is 11.1 Å². The van der Waals surface area contributed by atoms with Crippen molar-refractivity contribution in [2.75, 3.05) is 0 Å². The maximum atomic E-state index is 13.3. The number of aromatic nitrogens is 3. The van der Waals surface area contributed by atoms with Crippen molar-refractivity contribution in [2.45, 2.75) is 6.54 Å². The van der Waals surface area contributed by atoms with Crippen molar-refractivity contribution in [1.82, 2.24) is 14.1 Å². The third-order valence-electron chi connectivity index (χ3n) is 3.34. The summed E-state index contributed by atoms with van der Waals surface area (Å²) in [5, 5.41) is 0. The Kier molecular flexibility index (Phi) is 3.84. The van der Waals surface area contributed by atoms with E-state index in [1.807, 2.05) is 0 Å². The zero-order valence-electron chi connectivity index (χ0n) is 11.8. The summed E-state index contributed by atoms with van der Waals surface area (Å²) >= 11 is 0. The predicted octanol–water partition coefficient (Wildman–Crippen LogP) is 1.72. The number of rotatable bonds is 3. The molecule has 0 fully saturated rings. The SMILES string of the molecule is O=c1c(=O)n(-c2ccc(F)c(F)c2)ccn1Cc1ccncc1. The lowest BCUT2D eigenvalue weighted by Gasteiger charge is -2.09. The molecule has 0 atom stereocenters. The Morgan fingerprint density at radius 2 is 1.65 bits per heavy atom. The molecule has 0 aliphatic carbocycles. The molecule has 0 bridgehead atoms. The second-order valence-electron chi connectivity index (χ2n) is 4.86. The Hall–Kier alpha value is -3.09.